The first kappa shape index (κ1) is 35.7. The van der Waals surface area contributed by atoms with Gasteiger partial charge < -0.3 is 14.9 Å². The maximum atomic E-state index is 14.6. The van der Waals surface area contributed by atoms with Gasteiger partial charge in [0.25, 0.3) is 11.8 Å². The Morgan fingerprint density at radius 1 is 0.904 bits per heavy atom. The fraction of sp³-hybridized carbons (Fsp3) is 0.359. The highest BCUT2D eigenvalue weighted by atomic mass is 35.5. The van der Waals surface area contributed by atoms with Crippen LogP contribution in [0.4, 0.5) is 10.1 Å². The lowest BCUT2D eigenvalue weighted by Crippen LogP contribution is -2.60. The van der Waals surface area contributed by atoms with Gasteiger partial charge in [-0.2, -0.15) is 0 Å². The van der Waals surface area contributed by atoms with Crippen LogP contribution in [0.3, 0.4) is 0 Å². The van der Waals surface area contributed by atoms with Gasteiger partial charge in [0.2, 0.25) is 11.8 Å². The first-order chi connectivity index (χ1) is 24.9. The quantitative estimate of drug-likeness (QED) is 0.101. The summed E-state index contributed by atoms with van der Waals surface area (Å²) in [4.78, 5) is 65.4. The van der Waals surface area contributed by atoms with Gasteiger partial charge in [0.1, 0.15) is 23.9 Å². The number of alkyl halides is 2. The summed E-state index contributed by atoms with van der Waals surface area (Å²) >= 11 is 14.8. The molecule has 0 aromatic heterocycles. The predicted octanol–water partition coefficient (Wildman–Crippen LogP) is 6.32. The number of fused-ring (bicyclic) bond motifs is 4. The van der Waals surface area contributed by atoms with Crippen LogP contribution < -0.4 is 9.64 Å². The number of nitrogens with zero attached hydrogens (tertiary/aromatic N) is 2. The van der Waals surface area contributed by atoms with Gasteiger partial charge in [-0.1, -0.05) is 54.5 Å². The SMILES string of the molecule is O=C(O)CCCCCN1C(=O)[C@H]2[C@H](CC=C3[C@H]2C[C@@]2(Cl)C(=O)N(c4ccc(F)cc4)C(=O)[C@@]2(Cl)[C@H]3c2ccc(OCc3ccccc3)cc2O)C1=O. The van der Waals surface area contributed by atoms with Crippen LogP contribution in [0.15, 0.2) is 84.4 Å². The number of carbonyl (C=O) groups is 5. The minimum absolute atomic E-state index is 0.0173. The molecule has 13 heteroatoms. The molecule has 7 rings (SSSR count). The third-order valence-corrected chi connectivity index (χ3v) is 12.2. The number of phenolic OH excluding ortho intramolecular Hbond substituents is 1. The van der Waals surface area contributed by atoms with E-state index in [0.29, 0.717) is 30.6 Å². The van der Waals surface area contributed by atoms with Crippen LogP contribution in [0, 0.1) is 23.6 Å². The van der Waals surface area contributed by atoms with Crippen LogP contribution in [0.2, 0.25) is 0 Å². The van der Waals surface area contributed by atoms with Crippen molar-refractivity contribution in [2.24, 2.45) is 17.8 Å². The lowest BCUT2D eigenvalue weighted by molar-refractivity contribution is -0.141. The van der Waals surface area contributed by atoms with Crippen molar-refractivity contribution < 1.29 is 43.3 Å². The number of aromatic hydroxyl groups is 1. The fourth-order valence-electron chi connectivity index (χ4n) is 8.35. The molecule has 2 saturated heterocycles. The molecule has 0 spiro atoms. The summed E-state index contributed by atoms with van der Waals surface area (Å²) in [5.41, 5.74) is 1.63. The molecule has 0 radical (unpaired) electrons. The Morgan fingerprint density at radius 2 is 1.63 bits per heavy atom. The molecule has 10 nitrogen and oxygen atoms in total. The molecule has 0 bridgehead atoms. The largest absolute Gasteiger partial charge is 0.508 e. The third-order valence-electron chi connectivity index (χ3n) is 10.8. The Bertz CT molecular complexity index is 1990. The van der Waals surface area contributed by atoms with Crippen molar-refractivity contribution in [2.45, 2.75) is 60.8 Å². The smallest absolute Gasteiger partial charge is 0.303 e. The molecular weight excluding hydrogens is 714 g/mol. The number of carboxylic acid groups (broad SMARTS) is 1. The Kier molecular flexibility index (Phi) is 9.37. The Hall–Kier alpha value is -4.74. The molecule has 4 amide bonds. The Labute approximate surface area is 308 Å². The van der Waals surface area contributed by atoms with Gasteiger partial charge in [0, 0.05) is 30.5 Å². The number of amides is 4. The minimum atomic E-state index is -2.20. The van der Waals surface area contributed by atoms with E-state index < -0.39 is 62.9 Å². The summed E-state index contributed by atoms with van der Waals surface area (Å²) < 4.78 is 19.8. The van der Waals surface area contributed by atoms with E-state index >= 15 is 0 Å². The lowest BCUT2D eigenvalue weighted by atomic mass is 9.56. The molecule has 6 atom stereocenters. The molecule has 2 heterocycles. The number of rotatable bonds is 11. The number of anilines is 1. The molecule has 3 aromatic rings. The monoisotopic (exact) mass is 748 g/mol. The highest BCUT2D eigenvalue weighted by Gasteiger charge is 2.76. The van der Waals surface area contributed by atoms with Gasteiger partial charge >= 0.3 is 5.97 Å². The van der Waals surface area contributed by atoms with E-state index in [1.807, 2.05) is 30.3 Å². The van der Waals surface area contributed by atoms with Gasteiger partial charge in [0.05, 0.1) is 17.5 Å². The van der Waals surface area contributed by atoms with Gasteiger partial charge in [0.15, 0.2) is 9.75 Å². The van der Waals surface area contributed by atoms with Crippen LogP contribution in [0.5, 0.6) is 11.5 Å². The number of carbonyl (C=O) groups excluding carboxylic acids is 4. The molecule has 4 aliphatic rings. The van der Waals surface area contributed by atoms with Crippen molar-refractivity contribution >= 4 is 58.5 Å². The number of phenols is 1. The molecular formula is C39H35Cl2FN2O8. The number of ether oxygens (including phenoxy) is 1. The van der Waals surface area contributed by atoms with Crippen molar-refractivity contribution in [3.05, 3.63) is 101 Å². The number of unbranched alkanes of at least 4 members (excludes halogenated alkanes) is 2. The van der Waals surface area contributed by atoms with E-state index in [4.69, 9.17) is 33.0 Å². The molecule has 1 saturated carbocycles. The first-order valence-corrected chi connectivity index (χ1v) is 17.9. The third kappa shape index (κ3) is 5.74. The zero-order valence-electron chi connectivity index (χ0n) is 27.8. The lowest BCUT2D eigenvalue weighted by Gasteiger charge is -2.50. The molecule has 3 aromatic carbocycles. The summed E-state index contributed by atoms with van der Waals surface area (Å²) in [6.45, 7) is 0.331. The molecule has 52 heavy (non-hydrogen) atoms. The topological polar surface area (TPSA) is 142 Å². The zero-order chi connectivity index (χ0) is 36.9. The average Bonchev–Trinajstić information content (AvgIpc) is 3.45. The molecule has 3 fully saturated rings. The number of benzene rings is 3. The molecule has 2 aliphatic carbocycles. The van der Waals surface area contributed by atoms with E-state index in [0.717, 1.165) is 22.6 Å². The fourth-order valence-corrected chi connectivity index (χ4v) is 9.28. The molecule has 2 N–H and O–H groups in total. The highest BCUT2D eigenvalue weighted by molar-refractivity contribution is 6.58. The standard InChI is InChI=1S/C39H35Cl2FN2O8/c40-38-20-29-26(16-17-28-32(29)35(49)43(34(28)48)18-6-2-5-9-31(46)47)33(27-15-14-25(19-30(27)45)52-21-22-7-3-1-4-8-22)39(38,41)37(51)44(36(38)50)24-12-10-23(42)11-13-24/h1,3-4,7-8,10-16,19,28-29,32-33,45H,2,5-6,9,17-18,20-21H2,(H,46,47)/t28-,29+,32-,33+,38+,39-/m0/s1. The van der Waals surface area contributed by atoms with Gasteiger partial charge in [-0.3, -0.25) is 28.9 Å². The second-order valence-electron chi connectivity index (χ2n) is 13.8. The number of allylic oxidation sites excluding steroid dienone is 2. The van der Waals surface area contributed by atoms with E-state index in [2.05, 4.69) is 0 Å². The predicted molar refractivity (Wildman–Crippen MR) is 188 cm³/mol. The van der Waals surface area contributed by atoms with E-state index in [1.54, 1.807) is 18.2 Å². The Morgan fingerprint density at radius 3 is 2.33 bits per heavy atom. The van der Waals surface area contributed by atoms with Crippen molar-refractivity contribution in [1.82, 2.24) is 4.90 Å². The number of aliphatic carboxylic acids is 1. The summed E-state index contributed by atoms with van der Waals surface area (Å²) in [5.74, 6) is -7.68. The van der Waals surface area contributed by atoms with E-state index in [9.17, 15) is 33.5 Å². The molecule has 270 valence electrons. The summed E-state index contributed by atoms with van der Waals surface area (Å²) in [6, 6.07) is 18.7. The van der Waals surface area contributed by atoms with E-state index in [-0.39, 0.29) is 55.3 Å². The van der Waals surface area contributed by atoms with Crippen LogP contribution >= 0.6 is 23.2 Å². The molecule has 0 unspecified atom stereocenters. The second-order valence-corrected chi connectivity index (χ2v) is 15.0. The normalized spacial score (nSPS) is 28.0. The number of halogens is 3. The number of hydrogen-bond donors (Lipinski definition) is 2. The van der Waals surface area contributed by atoms with Gasteiger partial charge in [-0.05, 0) is 67.5 Å². The van der Waals surface area contributed by atoms with Crippen LogP contribution in [0.25, 0.3) is 0 Å². The summed E-state index contributed by atoms with van der Waals surface area (Å²) in [5, 5.41) is 20.5. The minimum Gasteiger partial charge on any atom is -0.508 e. The van der Waals surface area contributed by atoms with E-state index in [1.165, 1.54) is 23.1 Å². The zero-order valence-corrected chi connectivity index (χ0v) is 29.4. The summed E-state index contributed by atoms with van der Waals surface area (Å²) in [7, 11) is 0. The summed E-state index contributed by atoms with van der Waals surface area (Å²) in [6.07, 6.45) is 2.99. The van der Waals surface area contributed by atoms with Crippen LogP contribution in [0.1, 0.15) is 55.6 Å². The van der Waals surface area contributed by atoms with Crippen LogP contribution in [-0.2, 0) is 30.6 Å². The first-order valence-electron chi connectivity index (χ1n) is 17.2. The maximum Gasteiger partial charge on any atom is 0.303 e. The number of likely N-dealkylation sites (tertiary alicyclic amines) is 1. The van der Waals surface area contributed by atoms with Gasteiger partial charge in [-0.15, -0.1) is 23.2 Å². The highest BCUT2D eigenvalue weighted by Crippen LogP contribution is 2.66. The van der Waals surface area contributed by atoms with Crippen molar-refractivity contribution in [3.63, 3.8) is 0 Å². The number of carboxylic acids is 1. The van der Waals surface area contributed by atoms with Crippen LogP contribution in [-0.4, -0.2) is 61.0 Å². The Balaban J connectivity index is 1.27. The average molecular weight is 750 g/mol. The molecule has 2 aliphatic heterocycles. The van der Waals surface area contributed by atoms with Gasteiger partial charge in [-0.25, -0.2) is 9.29 Å². The van der Waals surface area contributed by atoms with Crippen molar-refractivity contribution in [3.8, 4) is 11.5 Å². The van der Waals surface area contributed by atoms with Crippen molar-refractivity contribution in [1.29, 1.82) is 0 Å². The second kappa shape index (κ2) is 13.7. The number of hydrogen-bond acceptors (Lipinski definition) is 7. The van der Waals surface area contributed by atoms with Crippen molar-refractivity contribution in [2.75, 3.05) is 11.4 Å². The maximum absolute atomic E-state index is 14.6. The number of imide groups is 2.